The Morgan fingerprint density at radius 1 is 1.29 bits per heavy atom. The highest BCUT2D eigenvalue weighted by Crippen LogP contribution is 2.32. The summed E-state index contributed by atoms with van der Waals surface area (Å²) in [5, 5.41) is 3.56. The quantitative estimate of drug-likeness (QED) is 0.747. The Bertz CT molecular complexity index is 166. The molecule has 0 radical (unpaired) electrons. The third-order valence-corrected chi connectivity index (χ3v) is 3.65. The second-order valence-electron chi connectivity index (χ2n) is 4.80. The van der Waals surface area contributed by atoms with Gasteiger partial charge in [0.05, 0.1) is 6.10 Å². The maximum absolute atomic E-state index is 5.69. The van der Waals surface area contributed by atoms with Gasteiger partial charge in [-0.15, -0.1) is 0 Å². The van der Waals surface area contributed by atoms with Gasteiger partial charge in [0, 0.05) is 12.6 Å². The average molecular weight is 197 g/mol. The molecule has 0 aromatic heterocycles. The van der Waals surface area contributed by atoms with Gasteiger partial charge in [0.1, 0.15) is 0 Å². The van der Waals surface area contributed by atoms with Crippen molar-refractivity contribution in [2.24, 2.45) is 5.92 Å². The molecule has 2 aliphatic rings. The van der Waals surface area contributed by atoms with E-state index in [1.807, 2.05) is 0 Å². The van der Waals surface area contributed by atoms with Gasteiger partial charge in [-0.2, -0.15) is 0 Å². The largest absolute Gasteiger partial charge is 0.378 e. The van der Waals surface area contributed by atoms with Gasteiger partial charge in [-0.25, -0.2) is 0 Å². The maximum atomic E-state index is 5.69. The Morgan fingerprint density at radius 2 is 2.21 bits per heavy atom. The second kappa shape index (κ2) is 5.13. The zero-order valence-corrected chi connectivity index (χ0v) is 9.30. The Kier molecular flexibility index (Phi) is 3.82. The summed E-state index contributed by atoms with van der Waals surface area (Å²) >= 11 is 0. The van der Waals surface area contributed by atoms with Crippen LogP contribution in [0.25, 0.3) is 0 Å². The molecule has 0 aromatic rings. The van der Waals surface area contributed by atoms with E-state index >= 15 is 0 Å². The summed E-state index contributed by atoms with van der Waals surface area (Å²) in [6.45, 7) is 4.33. The van der Waals surface area contributed by atoms with Crippen molar-refractivity contribution in [2.75, 3.05) is 13.2 Å². The lowest BCUT2D eigenvalue weighted by Crippen LogP contribution is -2.26. The molecule has 1 aliphatic heterocycles. The third-order valence-electron chi connectivity index (χ3n) is 3.65. The minimum atomic E-state index is 0.598. The molecule has 1 aliphatic carbocycles. The fourth-order valence-corrected chi connectivity index (χ4v) is 2.97. The minimum Gasteiger partial charge on any atom is -0.378 e. The zero-order chi connectivity index (χ0) is 9.80. The van der Waals surface area contributed by atoms with E-state index in [9.17, 15) is 0 Å². The summed E-state index contributed by atoms with van der Waals surface area (Å²) in [4.78, 5) is 0. The molecule has 1 N–H and O–H groups in total. The number of rotatable bonds is 4. The fourth-order valence-electron chi connectivity index (χ4n) is 2.97. The first kappa shape index (κ1) is 10.4. The minimum absolute atomic E-state index is 0.598. The third kappa shape index (κ3) is 2.71. The van der Waals surface area contributed by atoms with Gasteiger partial charge in [-0.3, -0.25) is 0 Å². The molecule has 2 nitrogen and oxygen atoms in total. The predicted molar refractivity (Wildman–Crippen MR) is 58.4 cm³/mol. The van der Waals surface area contributed by atoms with Crippen LogP contribution in [0.3, 0.4) is 0 Å². The summed E-state index contributed by atoms with van der Waals surface area (Å²) in [5.41, 5.74) is 0. The molecule has 0 spiro atoms. The van der Waals surface area contributed by atoms with E-state index in [4.69, 9.17) is 4.74 Å². The SMILES string of the molecule is CCNC1CCC(CC2CCCO2)C1. The number of ether oxygens (including phenoxy) is 1. The lowest BCUT2D eigenvalue weighted by atomic mass is 9.98. The molecule has 2 heteroatoms. The Labute approximate surface area is 87.4 Å². The summed E-state index contributed by atoms with van der Waals surface area (Å²) in [7, 11) is 0. The van der Waals surface area contributed by atoms with Gasteiger partial charge in [-0.05, 0) is 51.0 Å². The van der Waals surface area contributed by atoms with Crippen molar-refractivity contribution in [3.8, 4) is 0 Å². The normalized spacial score (nSPS) is 37.9. The van der Waals surface area contributed by atoms with Crippen molar-refractivity contribution in [3.63, 3.8) is 0 Å². The summed E-state index contributed by atoms with van der Waals surface area (Å²) in [6.07, 6.45) is 8.69. The van der Waals surface area contributed by atoms with E-state index in [1.165, 1.54) is 38.5 Å². The molecule has 1 heterocycles. The van der Waals surface area contributed by atoms with E-state index in [0.29, 0.717) is 6.10 Å². The first-order valence-electron chi connectivity index (χ1n) is 6.23. The molecule has 3 atom stereocenters. The topological polar surface area (TPSA) is 21.3 Å². The van der Waals surface area contributed by atoms with Crippen LogP contribution >= 0.6 is 0 Å². The fraction of sp³-hybridized carbons (Fsp3) is 1.00. The molecule has 2 rings (SSSR count). The van der Waals surface area contributed by atoms with Crippen LogP contribution in [0.2, 0.25) is 0 Å². The van der Waals surface area contributed by atoms with Gasteiger partial charge in [0.15, 0.2) is 0 Å². The van der Waals surface area contributed by atoms with Crippen LogP contribution in [0.4, 0.5) is 0 Å². The van der Waals surface area contributed by atoms with E-state index in [2.05, 4.69) is 12.2 Å². The summed E-state index contributed by atoms with van der Waals surface area (Å²) < 4.78 is 5.69. The van der Waals surface area contributed by atoms with E-state index in [0.717, 1.165) is 25.1 Å². The number of hydrogen-bond donors (Lipinski definition) is 1. The van der Waals surface area contributed by atoms with E-state index in [1.54, 1.807) is 0 Å². The molecule has 0 amide bonds. The molecular formula is C12H23NO. The highest BCUT2D eigenvalue weighted by Gasteiger charge is 2.27. The second-order valence-corrected chi connectivity index (χ2v) is 4.80. The molecule has 0 bridgehead atoms. The van der Waals surface area contributed by atoms with Crippen LogP contribution in [0, 0.1) is 5.92 Å². The molecule has 14 heavy (non-hydrogen) atoms. The maximum Gasteiger partial charge on any atom is 0.0578 e. The van der Waals surface area contributed by atoms with Crippen molar-refractivity contribution in [3.05, 3.63) is 0 Å². The molecular weight excluding hydrogens is 174 g/mol. The summed E-state index contributed by atoms with van der Waals surface area (Å²) in [6, 6.07) is 0.798. The molecule has 82 valence electrons. The zero-order valence-electron chi connectivity index (χ0n) is 9.30. The van der Waals surface area contributed by atoms with Crippen molar-refractivity contribution >= 4 is 0 Å². The molecule has 1 saturated heterocycles. The highest BCUT2D eigenvalue weighted by molar-refractivity contribution is 4.82. The Morgan fingerprint density at radius 3 is 2.93 bits per heavy atom. The predicted octanol–water partition coefficient (Wildman–Crippen LogP) is 2.33. The average Bonchev–Trinajstić information content (AvgIpc) is 2.79. The number of hydrogen-bond acceptors (Lipinski definition) is 2. The van der Waals surface area contributed by atoms with Crippen molar-refractivity contribution < 1.29 is 4.74 Å². The first-order chi connectivity index (χ1) is 6.88. The highest BCUT2D eigenvalue weighted by atomic mass is 16.5. The van der Waals surface area contributed by atoms with Crippen LogP contribution in [-0.2, 0) is 4.74 Å². The van der Waals surface area contributed by atoms with Crippen molar-refractivity contribution in [2.45, 2.75) is 57.6 Å². The van der Waals surface area contributed by atoms with Crippen LogP contribution < -0.4 is 5.32 Å². The van der Waals surface area contributed by atoms with Crippen LogP contribution in [0.5, 0.6) is 0 Å². The molecule has 3 unspecified atom stereocenters. The summed E-state index contributed by atoms with van der Waals surface area (Å²) in [5.74, 6) is 0.933. The van der Waals surface area contributed by atoms with Gasteiger partial charge in [0.25, 0.3) is 0 Å². The van der Waals surface area contributed by atoms with Gasteiger partial charge < -0.3 is 10.1 Å². The molecule has 1 saturated carbocycles. The van der Waals surface area contributed by atoms with E-state index < -0.39 is 0 Å². The molecule has 0 aromatic carbocycles. The van der Waals surface area contributed by atoms with Gasteiger partial charge in [-0.1, -0.05) is 6.92 Å². The van der Waals surface area contributed by atoms with Gasteiger partial charge >= 0.3 is 0 Å². The van der Waals surface area contributed by atoms with Crippen LogP contribution in [-0.4, -0.2) is 25.3 Å². The number of nitrogens with one attached hydrogen (secondary N) is 1. The lowest BCUT2D eigenvalue weighted by Gasteiger charge is -2.15. The van der Waals surface area contributed by atoms with Crippen molar-refractivity contribution in [1.82, 2.24) is 5.32 Å². The van der Waals surface area contributed by atoms with Crippen LogP contribution in [0.15, 0.2) is 0 Å². The van der Waals surface area contributed by atoms with Gasteiger partial charge in [0.2, 0.25) is 0 Å². The lowest BCUT2D eigenvalue weighted by molar-refractivity contribution is 0.0900. The monoisotopic (exact) mass is 197 g/mol. The smallest absolute Gasteiger partial charge is 0.0578 e. The first-order valence-corrected chi connectivity index (χ1v) is 6.23. The molecule has 2 fully saturated rings. The Hall–Kier alpha value is -0.0800. The standard InChI is InChI=1S/C12H23NO/c1-2-13-11-6-5-10(8-11)9-12-4-3-7-14-12/h10-13H,2-9H2,1H3. The van der Waals surface area contributed by atoms with Crippen molar-refractivity contribution in [1.29, 1.82) is 0 Å². The van der Waals surface area contributed by atoms with Crippen LogP contribution in [0.1, 0.15) is 45.4 Å². The Balaban J connectivity index is 1.67. The van der Waals surface area contributed by atoms with E-state index in [-0.39, 0.29) is 0 Å².